The van der Waals surface area contributed by atoms with Gasteiger partial charge in [0.05, 0.1) is 11.7 Å². The normalized spacial score (nSPS) is 15.3. The molecule has 3 heteroatoms. The van der Waals surface area contributed by atoms with E-state index >= 15 is 0 Å². The zero-order valence-corrected chi connectivity index (χ0v) is 10.1. The molecular formula is C13H20O3. The minimum Gasteiger partial charge on any atom is -0.393 e. The first kappa shape index (κ1) is 14.8. The van der Waals surface area contributed by atoms with Gasteiger partial charge in [-0.1, -0.05) is 30.3 Å². The second kappa shape index (κ2) is 7.14. The van der Waals surface area contributed by atoms with Crippen LogP contribution in [0.5, 0.6) is 0 Å². The van der Waals surface area contributed by atoms with Crippen molar-refractivity contribution in [2.45, 2.75) is 38.9 Å². The van der Waals surface area contributed by atoms with Gasteiger partial charge < -0.3 is 15.0 Å². The summed E-state index contributed by atoms with van der Waals surface area (Å²) in [6, 6.07) is 9.39. The number of aldehydes is 1. The SMILES string of the molecule is CC(O)CC(C)(O)c1ccccc1.CC=O. The largest absolute Gasteiger partial charge is 0.393 e. The van der Waals surface area contributed by atoms with Crippen molar-refractivity contribution in [3.8, 4) is 0 Å². The maximum Gasteiger partial charge on any atom is 0.116 e. The molecule has 0 aliphatic carbocycles. The smallest absolute Gasteiger partial charge is 0.116 e. The summed E-state index contributed by atoms with van der Waals surface area (Å²) in [4.78, 5) is 8.81. The highest BCUT2D eigenvalue weighted by Crippen LogP contribution is 2.25. The molecule has 1 rings (SSSR count). The number of hydrogen-bond donors (Lipinski definition) is 2. The molecule has 16 heavy (non-hydrogen) atoms. The minimum absolute atomic E-state index is 0.358. The van der Waals surface area contributed by atoms with E-state index in [1.165, 1.54) is 6.92 Å². The molecule has 2 unspecified atom stereocenters. The van der Waals surface area contributed by atoms with E-state index in [1.807, 2.05) is 30.3 Å². The van der Waals surface area contributed by atoms with Crippen molar-refractivity contribution in [3.63, 3.8) is 0 Å². The third kappa shape index (κ3) is 5.63. The Kier molecular flexibility index (Phi) is 6.61. The zero-order chi connectivity index (χ0) is 12.6. The molecule has 0 aromatic heterocycles. The Bertz CT molecular complexity index is 291. The van der Waals surface area contributed by atoms with Crippen molar-refractivity contribution < 1.29 is 15.0 Å². The average molecular weight is 224 g/mol. The molecule has 0 radical (unpaired) electrons. The van der Waals surface area contributed by atoms with E-state index < -0.39 is 11.7 Å². The summed E-state index contributed by atoms with van der Waals surface area (Å²) in [6.07, 6.45) is 0.618. The monoisotopic (exact) mass is 224 g/mol. The van der Waals surface area contributed by atoms with Crippen molar-refractivity contribution >= 4 is 6.29 Å². The van der Waals surface area contributed by atoms with Gasteiger partial charge in [0, 0.05) is 6.42 Å². The fourth-order valence-corrected chi connectivity index (χ4v) is 1.49. The van der Waals surface area contributed by atoms with Gasteiger partial charge in [0.2, 0.25) is 0 Å². The van der Waals surface area contributed by atoms with Crippen molar-refractivity contribution in [1.29, 1.82) is 0 Å². The standard InChI is InChI=1S/C11H16O2.C2H4O/c1-9(12)8-11(2,13)10-6-4-3-5-7-10;1-2-3/h3-7,9,12-13H,8H2,1-2H3;2H,1H3. The van der Waals surface area contributed by atoms with Crippen LogP contribution in [0.3, 0.4) is 0 Å². The first-order valence-corrected chi connectivity index (χ1v) is 5.29. The summed E-state index contributed by atoms with van der Waals surface area (Å²) in [7, 11) is 0. The fourth-order valence-electron chi connectivity index (χ4n) is 1.49. The molecule has 0 aliphatic heterocycles. The average Bonchev–Trinajstić information content (AvgIpc) is 2.18. The Balaban J connectivity index is 0.000000673. The number of rotatable bonds is 3. The first-order chi connectivity index (χ1) is 7.44. The maximum absolute atomic E-state index is 10.00. The van der Waals surface area contributed by atoms with E-state index in [2.05, 4.69) is 0 Å². The Hall–Kier alpha value is -1.19. The summed E-state index contributed by atoms with van der Waals surface area (Å²) >= 11 is 0. The molecule has 1 aromatic carbocycles. The van der Waals surface area contributed by atoms with Gasteiger partial charge in [0.1, 0.15) is 6.29 Å². The van der Waals surface area contributed by atoms with Crippen molar-refractivity contribution in [2.75, 3.05) is 0 Å². The van der Waals surface area contributed by atoms with Crippen LogP contribution in [0.1, 0.15) is 32.8 Å². The molecule has 0 spiro atoms. The van der Waals surface area contributed by atoms with Crippen LogP contribution in [0, 0.1) is 0 Å². The Morgan fingerprint density at radius 1 is 1.38 bits per heavy atom. The predicted molar refractivity (Wildman–Crippen MR) is 64.0 cm³/mol. The summed E-state index contributed by atoms with van der Waals surface area (Å²) in [5.41, 5.74) is -0.0917. The maximum atomic E-state index is 10.00. The highest BCUT2D eigenvalue weighted by atomic mass is 16.3. The summed E-state index contributed by atoms with van der Waals surface area (Å²) < 4.78 is 0. The molecule has 1 aromatic rings. The molecular weight excluding hydrogens is 204 g/mol. The second-order valence-corrected chi connectivity index (χ2v) is 3.93. The van der Waals surface area contributed by atoms with Gasteiger partial charge in [-0.15, -0.1) is 0 Å². The van der Waals surface area contributed by atoms with E-state index in [0.717, 1.165) is 11.8 Å². The van der Waals surface area contributed by atoms with Crippen LogP contribution in [-0.4, -0.2) is 22.6 Å². The number of benzene rings is 1. The highest BCUT2D eigenvalue weighted by Gasteiger charge is 2.24. The lowest BCUT2D eigenvalue weighted by atomic mass is 9.90. The molecule has 0 bridgehead atoms. The van der Waals surface area contributed by atoms with Gasteiger partial charge in [0.15, 0.2) is 0 Å². The fraction of sp³-hybridized carbons (Fsp3) is 0.462. The van der Waals surface area contributed by atoms with E-state index in [4.69, 9.17) is 4.79 Å². The number of aliphatic hydroxyl groups excluding tert-OH is 1. The molecule has 0 saturated carbocycles. The van der Waals surface area contributed by atoms with E-state index in [9.17, 15) is 10.2 Å². The van der Waals surface area contributed by atoms with Crippen LogP contribution in [0.2, 0.25) is 0 Å². The topological polar surface area (TPSA) is 57.5 Å². The Morgan fingerprint density at radius 2 is 1.81 bits per heavy atom. The number of carbonyl (C=O) groups excluding carboxylic acids is 1. The van der Waals surface area contributed by atoms with Crippen LogP contribution in [0.15, 0.2) is 30.3 Å². The molecule has 3 nitrogen and oxygen atoms in total. The van der Waals surface area contributed by atoms with Gasteiger partial charge in [-0.2, -0.15) is 0 Å². The first-order valence-electron chi connectivity index (χ1n) is 5.29. The van der Waals surface area contributed by atoms with Crippen LogP contribution in [-0.2, 0) is 10.4 Å². The Labute approximate surface area is 96.7 Å². The van der Waals surface area contributed by atoms with Gasteiger partial charge in [-0.3, -0.25) is 0 Å². The molecule has 0 heterocycles. The van der Waals surface area contributed by atoms with E-state index in [1.54, 1.807) is 13.8 Å². The Morgan fingerprint density at radius 3 is 2.19 bits per heavy atom. The highest BCUT2D eigenvalue weighted by molar-refractivity contribution is 5.44. The van der Waals surface area contributed by atoms with Crippen LogP contribution in [0.4, 0.5) is 0 Å². The lowest BCUT2D eigenvalue weighted by Gasteiger charge is -2.25. The molecule has 90 valence electrons. The van der Waals surface area contributed by atoms with Crippen molar-refractivity contribution in [2.24, 2.45) is 0 Å². The van der Waals surface area contributed by atoms with Gasteiger partial charge in [0.25, 0.3) is 0 Å². The molecule has 2 N–H and O–H groups in total. The van der Waals surface area contributed by atoms with Gasteiger partial charge in [-0.25, -0.2) is 0 Å². The molecule has 0 aliphatic rings. The van der Waals surface area contributed by atoms with Crippen molar-refractivity contribution in [3.05, 3.63) is 35.9 Å². The third-order valence-corrected chi connectivity index (χ3v) is 2.09. The number of carbonyl (C=O) groups is 1. The number of aliphatic hydroxyl groups is 2. The lowest BCUT2D eigenvalue weighted by Crippen LogP contribution is -2.25. The molecule has 0 amide bonds. The lowest BCUT2D eigenvalue weighted by molar-refractivity contribution is -0.106. The molecule has 0 saturated heterocycles. The summed E-state index contributed by atoms with van der Waals surface area (Å²) in [5.74, 6) is 0. The van der Waals surface area contributed by atoms with E-state index in [-0.39, 0.29) is 0 Å². The van der Waals surface area contributed by atoms with Crippen molar-refractivity contribution in [1.82, 2.24) is 0 Å². The van der Waals surface area contributed by atoms with Crippen LogP contribution >= 0.6 is 0 Å². The minimum atomic E-state index is -0.935. The molecule has 2 atom stereocenters. The predicted octanol–water partition coefficient (Wildman–Crippen LogP) is 1.87. The summed E-state index contributed by atoms with van der Waals surface area (Å²) in [6.45, 7) is 4.84. The number of hydrogen-bond acceptors (Lipinski definition) is 3. The summed E-state index contributed by atoms with van der Waals surface area (Å²) in [5, 5.41) is 19.2. The third-order valence-electron chi connectivity index (χ3n) is 2.09. The van der Waals surface area contributed by atoms with Crippen LogP contribution < -0.4 is 0 Å². The van der Waals surface area contributed by atoms with E-state index in [0.29, 0.717) is 6.42 Å². The van der Waals surface area contributed by atoms with Crippen LogP contribution in [0.25, 0.3) is 0 Å². The zero-order valence-electron chi connectivity index (χ0n) is 10.1. The molecule has 0 fully saturated rings. The van der Waals surface area contributed by atoms with Gasteiger partial charge >= 0.3 is 0 Å². The van der Waals surface area contributed by atoms with Gasteiger partial charge in [-0.05, 0) is 26.3 Å². The second-order valence-electron chi connectivity index (χ2n) is 3.93. The quantitative estimate of drug-likeness (QED) is 0.771.